The van der Waals surface area contributed by atoms with E-state index in [1.807, 2.05) is 52.0 Å². The summed E-state index contributed by atoms with van der Waals surface area (Å²) in [6, 6.07) is 17.2. The van der Waals surface area contributed by atoms with Crippen molar-refractivity contribution in [1.29, 1.82) is 0 Å². The number of halogens is 2. The van der Waals surface area contributed by atoms with E-state index in [-0.39, 0.29) is 23.3 Å². The largest absolute Gasteiger partial charge is 0.481 e. The summed E-state index contributed by atoms with van der Waals surface area (Å²) in [7, 11) is 0. The van der Waals surface area contributed by atoms with E-state index in [0.717, 1.165) is 46.8 Å². The highest BCUT2D eigenvalue weighted by atomic mass is 19.3. The SMILES string of the molecule is CC(=Nc1ccc(C2CCC(C(=O)O)CC2)nc1C)/C(=C(\N)c1cccc2nn(CC(F)(F)c3ccccc3)cc12)C(C)C. The van der Waals surface area contributed by atoms with Gasteiger partial charge < -0.3 is 10.8 Å². The zero-order valence-electron chi connectivity index (χ0n) is 25.6. The van der Waals surface area contributed by atoms with E-state index in [2.05, 4.69) is 5.10 Å². The molecule has 5 rings (SSSR count). The van der Waals surface area contributed by atoms with Crippen molar-refractivity contribution >= 4 is 34.0 Å². The van der Waals surface area contributed by atoms with Crippen molar-refractivity contribution in [1.82, 2.24) is 14.8 Å². The highest BCUT2D eigenvalue weighted by Gasteiger charge is 2.32. The van der Waals surface area contributed by atoms with Crippen LogP contribution in [0.1, 0.15) is 74.9 Å². The first-order valence-electron chi connectivity index (χ1n) is 15.1. The van der Waals surface area contributed by atoms with Gasteiger partial charge in [-0.2, -0.15) is 13.9 Å². The number of alkyl halides is 2. The molecule has 0 amide bonds. The summed E-state index contributed by atoms with van der Waals surface area (Å²) in [5.41, 5.74) is 12.7. The molecule has 0 atom stereocenters. The van der Waals surface area contributed by atoms with Crippen molar-refractivity contribution in [2.24, 2.45) is 22.6 Å². The number of pyridine rings is 1. The summed E-state index contributed by atoms with van der Waals surface area (Å²) < 4.78 is 31.4. The van der Waals surface area contributed by atoms with E-state index in [0.29, 0.717) is 29.4 Å². The van der Waals surface area contributed by atoms with Gasteiger partial charge in [-0.25, -0.2) is 0 Å². The number of allylic oxidation sites excluding steroid dienone is 1. The lowest BCUT2D eigenvalue weighted by atomic mass is 9.80. The Hall–Kier alpha value is -4.40. The van der Waals surface area contributed by atoms with Crippen LogP contribution >= 0.6 is 0 Å². The van der Waals surface area contributed by atoms with Gasteiger partial charge in [-0.3, -0.25) is 19.5 Å². The second-order valence-corrected chi connectivity index (χ2v) is 12.0. The summed E-state index contributed by atoms with van der Waals surface area (Å²) >= 11 is 0. The lowest BCUT2D eigenvalue weighted by molar-refractivity contribution is -0.142. The lowest BCUT2D eigenvalue weighted by Gasteiger charge is -2.26. The van der Waals surface area contributed by atoms with Crippen LogP contribution in [-0.4, -0.2) is 31.6 Å². The third kappa shape index (κ3) is 6.56. The minimum absolute atomic E-state index is 0.0309. The minimum Gasteiger partial charge on any atom is -0.481 e. The molecule has 1 aliphatic rings. The van der Waals surface area contributed by atoms with Crippen molar-refractivity contribution in [3.8, 4) is 0 Å². The average Bonchev–Trinajstić information content (AvgIpc) is 3.40. The molecule has 0 saturated heterocycles. The quantitative estimate of drug-likeness (QED) is 0.190. The predicted molar refractivity (Wildman–Crippen MR) is 170 cm³/mol. The molecule has 1 fully saturated rings. The molecule has 2 aromatic heterocycles. The van der Waals surface area contributed by atoms with Crippen molar-refractivity contribution in [3.05, 3.63) is 94.9 Å². The molecular formula is C35H39F2N5O2. The van der Waals surface area contributed by atoms with Gasteiger partial charge in [0.15, 0.2) is 0 Å². The Labute approximate surface area is 256 Å². The van der Waals surface area contributed by atoms with Crippen molar-refractivity contribution < 1.29 is 18.7 Å². The van der Waals surface area contributed by atoms with Crippen LogP contribution in [0.4, 0.5) is 14.5 Å². The highest BCUT2D eigenvalue weighted by Crippen LogP contribution is 2.37. The number of rotatable bonds is 9. The molecule has 2 aromatic carbocycles. The van der Waals surface area contributed by atoms with Crippen LogP contribution in [0.3, 0.4) is 0 Å². The normalized spacial score (nSPS) is 18.5. The van der Waals surface area contributed by atoms with E-state index in [4.69, 9.17) is 15.7 Å². The number of carboxylic acid groups (broad SMARTS) is 1. The number of hydrogen-bond donors (Lipinski definition) is 2. The molecule has 44 heavy (non-hydrogen) atoms. The molecule has 3 N–H and O–H groups in total. The van der Waals surface area contributed by atoms with E-state index in [1.165, 1.54) is 16.8 Å². The van der Waals surface area contributed by atoms with Gasteiger partial charge in [-0.15, -0.1) is 0 Å². The fourth-order valence-electron chi connectivity index (χ4n) is 6.25. The number of hydrogen-bond acceptors (Lipinski definition) is 5. The van der Waals surface area contributed by atoms with Crippen LogP contribution in [-0.2, 0) is 17.3 Å². The Bertz CT molecular complexity index is 1720. The van der Waals surface area contributed by atoms with Gasteiger partial charge in [0.2, 0.25) is 0 Å². The average molecular weight is 600 g/mol. The maximum absolute atomic E-state index is 15.0. The van der Waals surface area contributed by atoms with E-state index >= 15 is 8.78 Å². The van der Waals surface area contributed by atoms with Gasteiger partial charge in [0.25, 0.3) is 5.92 Å². The first-order chi connectivity index (χ1) is 20.9. The number of fused-ring (bicyclic) bond motifs is 1. The van der Waals surface area contributed by atoms with Crippen molar-refractivity contribution in [2.75, 3.05) is 0 Å². The number of aromatic nitrogens is 3. The third-order valence-corrected chi connectivity index (χ3v) is 8.56. The fraction of sp³-hybridized carbons (Fsp3) is 0.371. The van der Waals surface area contributed by atoms with Crippen LogP contribution in [0.5, 0.6) is 0 Å². The fourth-order valence-corrected chi connectivity index (χ4v) is 6.25. The minimum atomic E-state index is -3.09. The second kappa shape index (κ2) is 12.7. The molecule has 230 valence electrons. The number of nitrogens with two attached hydrogens (primary N) is 1. The smallest absolute Gasteiger partial charge is 0.306 e. The number of aliphatic carboxylic acids is 1. The predicted octanol–water partition coefficient (Wildman–Crippen LogP) is 8.01. The monoisotopic (exact) mass is 599 g/mol. The van der Waals surface area contributed by atoms with Gasteiger partial charge in [0.1, 0.15) is 6.54 Å². The van der Waals surface area contributed by atoms with Crippen molar-refractivity contribution in [2.45, 2.75) is 71.8 Å². The van der Waals surface area contributed by atoms with E-state index in [9.17, 15) is 9.90 Å². The molecule has 7 nitrogen and oxygen atoms in total. The Morgan fingerprint density at radius 2 is 1.77 bits per heavy atom. The van der Waals surface area contributed by atoms with Crippen molar-refractivity contribution in [3.63, 3.8) is 0 Å². The molecular weight excluding hydrogens is 560 g/mol. The summed E-state index contributed by atoms with van der Waals surface area (Å²) in [5.74, 6) is -3.78. The first kappa shape index (κ1) is 31.0. The highest BCUT2D eigenvalue weighted by molar-refractivity contribution is 6.08. The molecule has 0 aliphatic heterocycles. The summed E-state index contributed by atoms with van der Waals surface area (Å²) in [6.07, 6.45) is 4.60. The zero-order chi connectivity index (χ0) is 31.6. The molecule has 0 bridgehead atoms. The van der Waals surface area contributed by atoms with Gasteiger partial charge >= 0.3 is 5.97 Å². The molecule has 0 unspecified atom stereocenters. The van der Waals surface area contributed by atoms with Crippen LogP contribution in [0.2, 0.25) is 0 Å². The van der Waals surface area contributed by atoms with Crippen LogP contribution < -0.4 is 5.73 Å². The number of aliphatic imine (C=N–C) groups is 1. The number of benzene rings is 2. The summed E-state index contributed by atoms with van der Waals surface area (Å²) in [5, 5.41) is 14.5. The second-order valence-electron chi connectivity index (χ2n) is 12.0. The topological polar surface area (TPSA) is 106 Å². The lowest BCUT2D eigenvalue weighted by Crippen LogP contribution is -2.21. The number of nitrogens with zero attached hydrogens (tertiary/aromatic N) is 4. The Balaban J connectivity index is 1.43. The molecule has 2 heterocycles. The number of carbonyl (C=O) groups is 1. The van der Waals surface area contributed by atoms with Gasteiger partial charge in [0, 0.05) is 45.7 Å². The van der Waals surface area contributed by atoms with Crippen LogP contribution in [0, 0.1) is 18.8 Å². The molecule has 1 saturated carbocycles. The molecule has 4 aromatic rings. The molecule has 1 aliphatic carbocycles. The summed E-state index contributed by atoms with van der Waals surface area (Å²) in [4.78, 5) is 21.1. The molecule has 9 heteroatoms. The van der Waals surface area contributed by atoms with Gasteiger partial charge in [0.05, 0.1) is 22.8 Å². The number of carboxylic acids is 1. The van der Waals surface area contributed by atoms with Crippen LogP contribution in [0.25, 0.3) is 16.6 Å². The first-order valence-corrected chi connectivity index (χ1v) is 15.1. The molecule has 0 radical (unpaired) electrons. The van der Waals surface area contributed by atoms with E-state index < -0.39 is 18.4 Å². The Kier molecular flexibility index (Phi) is 8.95. The van der Waals surface area contributed by atoms with Gasteiger partial charge in [-0.1, -0.05) is 56.3 Å². The maximum atomic E-state index is 15.0. The van der Waals surface area contributed by atoms with Crippen LogP contribution in [0.15, 0.2) is 77.4 Å². The Morgan fingerprint density at radius 1 is 1.07 bits per heavy atom. The standard InChI is InChI=1S/C35H39F2N5O2/c1-21(2)32(23(4)40-29-17-18-30(39-22(29)3)24-13-15-25(16-14-24)34(43)44)33(38)27-11-8-12-31-28(27)19-42(41-31)20-35(36,37)26-9-6-5-7-10-26/h5-12,17-19,21,24-25H,13-16,20,38H2,1-4H3,(H,43,44)/b33-32-,40-23?. The Morgan fingerprint density at radius 3 is 2.41 bits per heavy atom. The number of aryl methyl sites for hydroxylation is 1. The van der Waals surface area contributed by atoms with Gasteiger partial charge in [-0.05, 0) is 69.2 Å². The molecule has 0 spiro atoms. The van der Waals surface area contributed by atoms with E-state index in [1.54, 1.807) is 30.5 Å². The third-order valence-electron chi connectivity index (χ3n) is 8.56. The zero-order valence-corrected chi connectivity index (χ0v) is 25.6. The maximum Gasteiger partial charge on any atom is 0.306 e. The summed E-state index contributed by atoms with van der Waals surface area (Å²) in [6.45, 7) is 7.36.